The van der Waals surface area contributed by atoms with E-state index in [1.54, 1.807) is 30.3 Å². The highest BCUT2D eigenvalue weighted by atomic mass is 32.2. The fraction of sp³-hybridized carbons (Fsp3) is 0.182. The van der Waals surface area contributed by atoms with Crippen molar-refractivity contribution in [2.75, 3.05) is 7.11 Å². The van der Waals surface area contributed by atoms with Gasteiger partial charge >= 0.3 is 0 Å². The molecule has 3 aromatic carbocycles. The van der Waals surface area contributed by atoms with Gasteiger partial charge in [0.25, 0.3) is 10.1 Å². The van der Waals surface area contributed by atoms with Crippen molar-refractivity contribution >= 4 is 10.1 Å². The van der Waals surface area contributed by atoms with Gasteiger partial charge in [-0.25, -0.2) is 8.78 Å². The smallest absolute Gasteiger partial charge is 0.297 e. The zero-order valence-corrected chi connectivity index (χ0v) is 16.6. The first-order valence-electron chi connectivity index (χ1n) is 8.94. The van der Waals surface area contributed by atoms with E-state index >= 15 is 0 Å². The topological polar surface area (TPSA) is 52.6 Å². The zero-order chi connectivity index (χ0) is 20.8. The van der Waals surface area contributed by atoms with Crippen LogP contribution in [0.1, 0.15) is 22.8 Å². The fourth-order valence-corrected chi connectivity index (χ4v) is 4.46. The normalized spacial score (nSPS) is 15.8. The Balaban J connectivity index is 1.76. The quantitative estimate of drug-likeness (QED) is 0.565. The van der Waals surface area contributed by atoms with Crippen LogP contribution in [0.25, 0.3) is 11.1 Å². The Labute approximate surface area is 167 Å². The summed E-state index contributed by atoms with van der Waals surface area (Å²) in [4.78, 5) is -0.00540. The number of aryl methyl sites for hydroxylation is 1. The van der Waals surface area contributed by atoms with Crippen molar-refractivity contribution in [2.24, 2.45) is 0 Å². The summed E-state index contributed by atoms with van der Waals surface area (Å²) >= 11 is 0. The number of fused-ring (bicyclic) bond motifs is 1. The summed E-state index contributed by atoms with van der Waals surface area (Å²) in [6.45, 7) is 1.83. The fourth-order valence-electron chi connectivity index (χ4n) is 3.56. The van der Waals surface area contributed by atoms with Crippen LogP contribution in [-0.2, 0) is 20.7 Å². The van der Waals surface area contributed by atoms with Gasteiger partial charge in [0.15, 0.2) is 11.6 Å². The first kappa shape index (κ1) is 19.5. The van der Waals surface area contributed by atoms with Crippen LogP contribution >= 0.6 is 0 Å². The molecule has 0 bridgehead atoms. The number of hydrogen-bond acceptors (Lipinski definition) is 4. The minimum absolute atomic E-state index is 0.00540. The summed E-state index contributed by atoms with van der Waals surface area (Å²) in [5.41, 5.74) is 2.93. The molecule has 1 unspecified atom stereocenters. The molecule has 1 aliphatic rings. The van der Waals surface area contributed by atoms with E-state index in [0.717, 1.165) is 12.7 Å². The third-order valence-corrected chi connectivity index (χ3v) is 6.29. The van der Waals surface area contributed by atoms with Crippen LogP contribution in [0.15, 0.2) is 59.5 Å². The number of benzene rings is 3. The summed E-state index contributed by atoms with van der Waals surface area (Å²) in [6, 6.07) is 13.8. The SMILES string of the molecule is COS(=O)(=O)c1ccc(C)cc1C1Cc2cc(-c3cccc(F)c3)cc(F)c2O1. The van der Waals surface area contributed by atoms with E-state index < -0.39 is 27.9 Å². The van der Waals surface area contributed by atoms with E-state index in [2.05, 4.69) is 4.18 Å². The molecular weight excluding hydrogens is 398 g/mol. The molecule has 3 aromatic rings. The molecule has 0 spiro atoms. The molecule has 29 heavy (non-hydrogen) atoms. The zero-order valence-electron chi connectivity index (χ0n) is 15.8. The van der Waals surface area contributed by atoms with Crippen LogP contribution in [0.4, 0.5) is 8.78 Å². The monoisotopic (exact) mass is 416 g/mol. The van der Waals surface area contributed by atoms with Gasteiger partial charge in [-0.1, -0.05) is 29.8 Å². The average Bonchev–Trinajstić information content (AvgIpc) is 3.12. The van der Waals surface area contributed by atoms with Crippen LogP contribution < -0.4 is 4.74 Å². The van der Waals surface area contributed by atoms with Crippen molar-refractivity contribution in [3.63, 3.8) is 0 Å². The Morgan fingerprint density at radius 3 is 2.55 bits per heavy atom. The molecule has 1 atom stereocenters. The highest BCUT2D eigenvalue weighted by Crippen LogP contribution is 2.42. The van der Waals surface area contributed by atoms with E-state index in [9.17, 15) is 17.2 Å². The molecule has 4 rings (SSSR count). The maximum absolute atomic E-state index is 14.7. The van der Waals surface area contributed by atoms with Crippen LogP contribution in [0, 0.1) is 18.6 Å². The van der Waals surface area contributed by atoms with Crippen molar-refractivity contribution in [1.29, 1.82) is 0 Å². The molecule has 0 saturated heterocycles. The Morgan fingerprint density at radius 2 is 1.83 bits per heavy atom. The Morgan fingerprint density at radius 1 is 1.03 bits per heavy atom. The molecule has 1 aliphatic heterocycles. The number of hydrogen-bond donors (Lipinski definition) is 0. The molecule has 0 saturated carbocycles. The standard InChI is InChI=1S/C22H18F2O4S/c1-13-6-7-21(29(25,26)27-2)18(8-13)20-12-16-9-15(11-19(24)22(16)28-20)14-4-3-5-17(23)10-14/h3-11,20H,12H2,1-2H3. The van der Waals surface area contributed by atoms with Gasteiger partial charge in [-0.15, -0.1) is 0 Å². The van der Waals surface area contributed by atoms with Crippen molar-refractivity contribution in [1.82, 2.24) is 0 Å². The van der Waals surface area contributed by atoms with Gasteiger partial charge in [-0.3, -0.25) is 4.18 Å². The first-order valence-corrected chi connectivity index (χ1v) is 10.4. The first-order chi connectivity index (χ1) is 13.8. The molecule has 7 heteroatoms. The van der Waals surface area contributed by atoms with Crippen LogP contribution in [0.2, 0.25) is 0 Å². The van der Waals surface area contributed by atoms with Crippen molar-refractivity contribution in [2.45, 2.75) is 24.3 Å². The summed E-state index contributed by atoms with van der Waals surface area (Å²) in [5.74, 6) is -0.905. The highest BCUT2D eigenvalue weighted by molar-refractivity contribution is 7.86. The van der Waals surface area contributed by atoms with E-state index in [0.29, 0.717) is 22.3 Å². The largest absolute Gasteiger partial charge is 0.482 e. The average molecular weight is 416 g/mol. The molecule has 0 amide bonds. The summed E-state index contributed by atoms with van der Waals surface area (Å²) in [6.07, 6.45) is -0.396. The lowest BCUT2D eigenvalue weighted by Gasteiger charge is -2.16. The highest BCUT2D eigenvalue weighted by Gasteiger charge is 2.32. The van der Waals surface area contributed by atoms with Gasteiger partial charge in [-0.05, 0) is 48.4 Å². The molecule has 1 heterocycles. The van der Waals surface area contributed by atoms with Crippen molar-refractivity contribution in [3.8, 4) is 16.9 Å². The van der Waals surface area contributed by atoms with Crippen LogP contribution in [0.3, 0.4) is 0 Å². The van der Waals surface area contributed by atoms with Gasteiger partial charge < -0.3 is 4.74 Å². The van der Waals surface area contributed by atoms with Gasteiger partial charge in [0.05, 0.1) is 7.11 Å². The minimum Gasteiger partial charge on any atom is -0.482 e. The second kappa shape index (κ2) is 7.24. The Kier molecular flexibility index (Phi) is 4.88. The Hall–Kier alpha value is -2.77. The third-order valence-electron chi connectivity index (χ3n) is 4.94. The molecule has 4 nitrogen and oxygen atoms in total. The maximum Gasteiger partial charge on any atom is 0.297 e. The molecule has 0 aliphatic carbocycles. The van der Waals surface area contributed by atoms with E-state index in [1.807, 2.05) is 6.92 Å². The summed E-state index contributed by atoms with van der Waals surface area (Å²) < 4.78 is 63.4. The number of rotatable bonds is 4. The van der Waals surface area contributed by atoms with Gasteiger partial charge in [0, 0.05) is 17.5 Å². The lowest BCUT2D eigenvalue weighted by atomic mass is 9.98. The molecule has 0 N–H and O–H groups in total. The van der Waals surface area contributed by atoms with Crippen LogP contribution in [-0.4, -0.2) is 15.5 Å². The summed E-state index contributed by atoms with van der Waals surface area (Å²) in [7, 11) is -2.86. The second-order valence-electron chi connectivity index (χ2n) is 6.93. The molecular formula is C22H18F2O4S. The summed E-state index contributed by atoms with van der Waals surface area (Å²) in [5, 5.41) is 0. The lowest BCUT2D eigenvalue weighted by molar-refractivity contribution is 0.225. The van der Waals surface area contributed by atoms with E-state index in [1.165, 1.54) is 24.3 Å². The van der Waals surface area contributed by atoms with Crippen molar-refractivity contribution < 1.29 is 26.1 Å². The molecule has 150 valence electrons. The predicted octanol–water partition coefficient (Wildman–Crippen LogP) is 4.95. The molecule has 0 radical (unpaired) electrons. The van der Waals surface area contributed by atoms with Gasteiger partial charge in [-0.2, -0.15) is 8.42 Å². The van der Waals surface area contributed by atoms with Crippen LogP contribution in [0.5, 0.6) is 5.75 Å². The number of ether oxygens (including phenoxy) is 1. The van der Waals surface area contributed by atoms with Gasteiger partial charge in [0.1, 0.15) is 16.8 Å². The predicted molar refractivity (Wildman–Crippen MR) is 104 cm³/mol. The van der Waals surface area contributed by atoms with Crippen molar-refractivity contribution in [3.05, 3.63) is 82.9 Å². The van der Waals surface area contributed by atoms with Gasteiger partial charge in [0.2, 0.25) is 0 Å². The Bertz CT molecular complexity index is 1210. The molecule has 0 aromatic heterocycles. The van der Waals surface area contributed by atoms with E-state index in [-0.39, 0.29) is 17.1 Å². The lowest BCUT2D eigenvalue weighted by Crippen LogP contribution is -2.12. The minimum atomic E-state index is -3.95. The van der Waals surface area contributed by atoms with E-state index in [4.69, 9.17) is 4.74 Å². The third kappa shape index (κ3) is 3.63. The maximum atomic E-state index is 14.7. The number of halogens is 2. The molecule has 0 fully saturated rings. The second-order valence-corrected chi connectivity index (χ2v) is 8.61.